The van der Waals surface area contributed by atoms with Gasteiger partial charge in [0.15, 0.2) is 0 Å². The Morgan fingerprint density at radius 2 is 1.50 bits per heavy atom. The highest BCUT2D eigenvalue weighted by atomic mass is 35.5. The second-order valence-corrected chi connectivity index (χ2v) is 8.04. The standard InChI is InChI=1S/C19H33N5O4.2ClH/c1-15(25)24(14-18(26)27)23-8-4-16(5-9-23)19(28)22-12-10-21(11-13-22)17-2-6-20-7-3-17;;/h16-17,20H,2-14H2,1H3,(H,26,27);2*1H. The number of carbonyl (C=O) groups excluding carboxylic acids is 2. The third-order valence-corrected chi connectivity index (χ3v) is 6.26. The number of piperazine rings is 1. The number of piperidine rings is 2. The van der Waals surface area contributed by atoms with Crippen molar-refractivity contribution in [3.05, 3.63) is 0 Å². The third-order valence-electron chi connectivity index (χ3n) is 6.26. The van der Waals surface area contributed by atoms with Crippen LogP contribution >= 0.6 is 24.8 Å². The van der Waals surface area contributed by atoms with E-state index >= 15 is 0 Å². The first-order valence-corrected chi connectivity index (χ1v) is 10.4. The molecule has 0 aromatic heterocycles. The van der Waals surface area contributed by atoms with Crippen LogP contribution in [0.1, 0.15) is 32.6 Å². The molecule has 2 amide bonds. The molecule has 0 spiro atoms. The molecule has 0 bridgehead atoms. The van der Waals surface area contributed by atoms with Gasteiger partial charge in [0.2, 0.25) is 11.8 Å². The van der Waals surface area contributed by atoms with Gasteiger partial charge in [0.1, 0.15) is 6.54 Å². The largest absolute Gasteiger partial charge is 0.480 e. The summed E-state index contributed by atoms with van der Waals surface area (Å²) in [6.07, 6.45) is 3.71. The van der Waals surface area contributed by atoms with Crippen molar-refractivity contribution in [2.75, 3.05) is 58.9 Å². The van der Waals surface area contributed by atoms with Gasteiger partial charge < -0.3 is 15.3 Å². The molecule has 3 saturated heterocycles. The van der Waals surface area contributed by atoms with Crippen molar-refractivity contribution in [1.29, 1.82) is 0 Å². The fraction of sp³-hybridized carbons (Fsp3) is 0.842. The summed E-state index contributed by atoms with van der Waals surface area (Å²) >= 11 is 0. The van der Waals surface area contributed by atoms with Crippen molar-refractivity contribution in [2.45, 2.75) is 38.6 Å². The molecule has 30 heavy (non-hydrogen) atoms. The molecule has 3 aliphatic heterocycles. The van der Waals surface area contributed by atoms with E-state index in [9.17, 15) is 14.4 Å². The van der Waals surface area contributed by atoms with Gasteiger partial charge in [-0.3, -0.25) is 24.3 Å². The summed E-state index contributed by atoms with van der Waals surface area (Å²) in [6.45, 7) is 7.79. The summed E-state index contributed by atoms with van der Waals surface area (Å²) in [5, 5.41) is 15.5. The molecule has 11 heteroatoms. The zero-order valence-corrected chi connectivity index (χ0v) is 19.3. The zero-order valence-electron chi connectivity index (χ0n) is 17.6. The number of carboxylic acid groups (broad SMARTS) is 1. The van der Waals surface area contributed by atoms with Crippen LogP contribution in [0.5, 0.6) is 0 Å². The second-order valence-electron chi connectivity index (χ2n) is 8.04. The van der Waals surface area contributed by atoms with Crippen LogP contribution < -0.4 is 5.32 Å². The Bertz CT molecular complexity index is 575. The number of aliphatic carboxylic acids is 1. The highest BCUT2D eigenvalue weighted by Gasteiger charge is 2.34. The van der Waals surface area contributed by atoms with Crippen LogP contribution in [0.3, 0.4) is 0 Å². The fourth-order valence-electron chi connectivity index (χ4n) is 4.63. The molecule has 3 aliphatic rings. The fourth-order valence-corrected chi connectivity index (χ4v) is 4.63. The number of amides is 2. The molecule has 3 rings (SSSR count). The summed E-state index contributed by atoms with van der Waals surface area (Å²) in [5.74, 6) is -1.11. The van der Waals surface area contributed by atoms with E-state index in [1.165, 1.54) is 24.8 Å². The van der Waals surface area contributed by atoms with Crippen LogP contribution in [0.2, 0.25) is 0 Å². The van der Waals surface area contributed by atoms with Crippen molar-refractivity contribution in [1.82, 2.24) is 25.1 Å². The number of nitrogens with zero attached hydrogens (tertiary/aromatic N) is 4. The normalized spacial score (nSPS) is 22.0. The minimum absolute atomic E-state index is 0. The van der Waals surface area contributed by atoms with Crippen molar-refractivity contribution in [3.8, 4) is 0 Å². The molecule has 0 atom stereocenters. The molecule has 0 radical (unpaired) electrons. The predicted octanol–water partition coefficient (Wildman–Crippen LogP) is 0.286. The van der Waals surface area contributed by atoms with E-state index in [0.29, 0.717) is 32.0 Å². The van der Waals surface area contributed by atoms with Gasteiger partial charge >= 0.3 is 5.97 Å². The van der Waals surface area contributed by atoms with Gasteiger partial charge in [-0.1, -0.05) is 0 Å². The van der Waals surface area contributed by atoms with Gasteiger partial charge in [0, 0.05) is 58.2 Å². The SMILES string of the molecule is CC(=O)N(CC(=O)O)N1CCC(C(=O)N2CCN(C3CCNCC3)CC2)CC1.Cl.Cl. The number of halogens is 2. The molecule has 9 nitrogen and oxygen atoms in total. The summed E-state index contributed by atoms with van der Waals surface area (Å²) in [7, 11) is 0. The van der Waals surface area contributed by atoms with Crippen LogP contribution in [0.15, 0.2) is 0 Å². The molecule has 174 valence electrons. The lowest BCUT2D eigenvalue weighted by Crippen LogP contribution is -2.56. The maximum atomic E-state index is 12.9. The molecule has 3 fully saturated rings. The average molecular weight is 468 g/mol. The van der Waals surface area contributed by atoms with E-state index in [1.54, 1.807) is 5.01 Å². The Labute approximate surface area is 190 Å². The molecule has 0 saturated carbocycles. The lowest BCUT2D eigenvalue weighted by atomic mass is 9.95. The van der Waals surface area contributed by atoms with E-state index in [2.05, 4.69) is 10.2 Å². The van der Waals surface area contributed by atoms with Gasteiger partial charge in [0.05, 0.1) is 0 Å². The van der Waals surface area contributed by atoms with E-state index in [1.807, 2.05) is 4.90 Å². The van der Waals surface area contributed by atoms with Crippen molar-refractivity contribution in [2.24, 2.45) is 5.92 Å². The third kappa shape index (κ3) is 6.95. The van der Waals surface area contributed by atoms with E-state index < -0.39 is 5.97 Å². The van der Waals surface area contributed by atoms with E-state index in [-0.39, 0.29) is 49.1 Å². The number of hydrogen-bond donors (Lipinski definition) is 2. The summed E-state index contributed by atoms with van der Waals surface area (Å²) in [6, 6.07) is 0.647. The molecule has 0 aromatic carbocycles. The number of hydrogen-bond acceptors (Lipinski definition) is 6. The predicted molar refractivity (Wildman–Crippen MR) is 118 cm³/mol. The molecule has 0 unspecified atom stereocenters. The Kier molecular flexibility index (Phi) is 11.4. The van der Waals surface area contributed by atoms with Crippen molar-refractivity contribution >= 4 is 42.6 Å². The van der Waals surface area contributed by atoms with E-state index in [4.69, 9.17) is 5.11 Å². The van der Waals surface area contributed by atoms with Gasteiger partial charge in [-0.25, -0.2) is 5.01 Å². The zero-order chi connectivity index (χ0) is 20.1. The van der Waals surface area contributed by atoms with Crippen LogP contribution in [0.4, 0.5) is 0 Å². The minimum atomic E-state index is -1.03. The molecular weight excluding hydrogens is 433 g/mol. The van der Waals surface area contributed by atoms with Crippen LogP contribution in [-0.4, -0.2) is 108 Å². The number of hydrazine groups is 1. The second kappa shape index (κ2) is 12.7. The molecular formula is C19H35Cl2N5O4. The van der Waals surface area contributed by atoms with Crippen molar-refractivity contribution < 1.29 is 19.5 Å². The highest BCUT2D eigenvalue weighted by molar-refractivity contribution is 5.85. The van der Waals surface area contributed by atoms with Gasteiger partial charge in [-0.2, -0.15) is 0 Å². The number of rotatable bonds is 5. The quantitative estimate of drug-likeness (QED) is 0.599. The van der Waals surface area contributed by atoms with Gasteiger partial charge in [0.25, 0.3) is 0 Å². The summed E-state index contributed by atoms with van der Waals surface area (Å²) in [5.41, 5.74) is 0. The molecule has 0 aromatic rings. The minimum Gasteiger partial charge on any atom is -0.480 e. The Morgan fingerprint density at radius 1 is 0.933 bits per heavy atom. The monoisotopic (exact) mass is 467 g/mol. The van der Waals surface area contributed by atoms with Crippen LogP contribution in [0, 0.1) is 5.92 Å². The maximum absolute atomic E-state index is 12.9. The maximum Gasteiger partial charge on any atom is 0.324 e. The lowest BCUT2D eigenvalue weighted by molar-refractivity contribution is -0.161. The number of carbonyl (C=O) groups is 3. The van der Waals surface area contributed by atoms with Crippen LogP contribution in [-0.2, 0) is 14.4 Å². The Balaban J connectivity index is 0.00000225. The smallest absolute Gasteiger partial charge is 0.324 e. The molecule has 2 N–H and O–H groups in total. The first-order chi connectivity index (χ1) is 13.5. The highest BCUT2D eigenvalue weighted by Crippen LogP contribution is 2.23. The Hall–Kier alpha value is -1.13. The van der Waals surface area contributed by atoms with Gasteiger partial charge in [-0.15, -0.1) is 24.8 Å². The summed E-state index contributed by atoms with van der Waals surface area (Å²) < 4.78 is 0. The average Bonchev–Trinajstić information content (AvgIpc) is 2.72. The number of carboxylic acids is 1. The van der Waals surface area contributed by atoms with Gasteiger partial charge in [-0.05, 0) is 38.8 Å². The van der Waals surface area contributed by atoms with Crippen molar-refractivity contribution in [3.63, 3.8) is 0 Å². The number of nitrogens with one attached hydrogen (secondary N) is 1. The first-order valence-electron chi connectivity index (χ1n) is 10.4. The first kappa shape index (κ1) is 26.9. The topological polar surface area (TPSA) is 96.4 Å². The Morgan fingerprint density at radius 3 is 2.00 bits per heavy atom. The van der Waals surface area contributed by atoms with Crippen LogP contribution in [0.25, 0.3) is 0 Å². The summed E-state index contributed by atoms with van der Waals surface area (Å²) in [4.78, 5) is 40.2. The lowest BCUT2D eigenvalue weighted by Gasteiger charge is -2.43. The molecule has 0 aliphatic carbocycles. The molecule has 3 heterocycles. The van der Waals surface area contributed by atoms with E-state index in [0.717, 1.165) is 39.3 Å².